The number of hydrogen-bond donors (Lipinski definition) is 1. The molecule has 0 fully saturated rings. The van der Waals surface area contributed by atoms with Gasteiger partial charge in [-0.25, -0.2) is 8.78 Å². The van der Waals surface area contributed by atoms with Gasteiger partial charge in [-0.1, -0.05) is 20.8 Å². The predicted octanol–water partition coefficient (Wildman–Crippen LogP) is 2.67. The highest BCUT2D eigenvalue weighted by molar-refractivity contribution is 4.71. The fourth-order valence-electron chi connectivity index (χ4n) is 0.985. The number of rotatable bonds is 4. The van der Waals surface area contributed by atoms with Crippen LogP contribution in [0.4, 0.5) is 8.78 Å². The van der Waals surface area contributed by atoms with Crippen LogP contribution in [0.5, 0.6) is 0 Å². The molecule has 1 unspecified atom stereocenters. The Bertz CT molecular complexity index is 118. The Hall–Kier alpha value is -0.180. The van der Waals surface area contributed by atoms with Crippen LogP contribution in [0.25, 0.3) is 0 Å². The van der Waals surface area contributed by atoms with Crippen LogP contribution in [0.2, 0.25) is 0 Å². The van der Waals surface area contributed by atoms with Gasteiger partial charge in [-0.15, -0.1) is 0 Å². The quantitative estimate of drug-likeness (QED) is 0.699. The van der Waals surface area contributed by atoms with E-state index in [4.69, 9.17) is 0 Å². The van der Waals surface area contributed by atoms with E-state index in [1.54, 1.807) is 7.05 Å². The SMILES string of the molecule is CNC(CCC(C)(C)C)C(F)F. The summed E-state index contributed by atoms with van der Waals surface area (Å²) >= 11 is 0. The molecule has 0 aromatic rings. The van der Waals surface area contributed by atoms with Gasteiger partial charge in [0.05, 0.1) is 6.04 Å². The Morgan fingerprint density at radius 2 is 1.75 bits per heavy atom. The molecule has 1 atom stereocenters. The molecule has 12 heavy (non-hydrogen) atoms. The van der Waals surface area contributed by atoms with E-state index in [9.17, 15) is 8.78 Å². The van der Waals surface area contributed by atoms with Crippen molar-refractivity contribution in [1.82, 2.24) is 5.32 Å². The Morgan fingerprint density at radius 1 is 1.25 bits per heavy atom. The van der Waals surface area contributed by atoms with Crippen LogP contribution in [0.3, 0.4) is 0 Å². The first kappa shape index (κ1) is 11.8. The first-order valence-electron chi connectivity index (χ1n) is 4.32. The van der Waals surface area contributed by atoms with Crippen LogP contribution in [0, 0.1) is 5.41 Å². The first-order chi connectivity index (χ1) is 5.37. The summed E-state index contributed by atoms with van der Waals surface area (Å²) in [5, 5.41) is 2.62. The van der Waals surface area contributed by atoms with E-state index in [0.29, 0.717) is 6.42 Å². The molecular formula is C9H19F2N. The van der Waals surface area contributed by atoms with Crippen molar-refractivity contribution in [3.05, 3.63) is 0 Å². The van der Waals surface area contributed by atoms with Crippen LogP contribution in [0.1, 0.15) is 33.6 Å². The molecule has 0 aromatic heterocycles. The van der Waals surface area contributed by atoms with Crippen LogP contribution in [-0.2, 0) is 0 Å². The van der Waals surface area contributed by atoms with E-state index in [2.05, 4.69) is 26.1 Å². The minimum Gasteiger partial charge on any atom is -0.312 e. The molecule has 0 radical (unpaired) electrons. The van der Waals surface area contributed by atoms with Gasteiger partial charge in [-0.2, -0.15) is 0 Å². The normalized spacial score (nSPS) is 15.2. The van der Waals surface area contributed by atoms with E-state index < -0.39 is 12.5 Å². The molecule has 0 saturated carbocycles. The standard InChI is InChI=1S/C9H19F2N/c1-9(2,3)6-5-7(12-4)8(10)11/h7-8,12H,5-6H2,1-4H3. The summed E-state index contributed by atoms with van der Waals surface area (Å²) in [7, 11) is 1.58. The van der Waals surface area contributed by atoms with E-state index in [1.165, 1.54) is 0 Å². The summed E-state index contributed by atoms with van der Waals surface area (Å²) in [6, 6.07) is -0.649. The van der Waals surface area contributed by atoms with E-state index in [-0.39, 0.29) is 5.41 Å². The molecule has 74 valence electrons. The van der Waals surface area contributed by atoms with Gasteiger partial charge in [0, 0.05) is 0 Å². The number of hydrogen-bond acceptors (Lipinski definition) is 1. The maximum absolute atomic E-state index is 12.2. The molecule has 0 aromatic carbocycles. The molecule has 3 heteroatoms. The van der Waals surface area contributed by atoms with Crippen molar-refractivity contribution >= 4 is 0 Å². The van der Waals surface area contributed by atoms with Crippen molar-refractivity contribution in [3.8, 4) is 0 Å². The van der Waals surface area contributed by atoms with E-state index in [0.717, 1.165) is 6.42 Å². The first-order valence-corrected chi connectivity index (χ1v) is 4.32. The molecule has 0 aliphatic rings. The summed E-state index contributed by atoms with van der Waals surface area (Å²) < 4.78 is 24.4. The number of nitrogens with one attached hydrogen (secondary N) is 1. The molecular weight excluding hydrogens is 160 g/mol. The zero-order chi connectivity index (χ0) is 9.78. The lowest BCUT2D eigenvalue weighted by Gasteiger charge is -2.22. The van der Waals surface area contributed by atoms with E-state index in [1.807, 2.05) is 0 Å². The molecule has 0 heterocycles. The number of alkyl halides is 2. The Morgan fingerprint density at radius 3 is 2.00 bits per heavy atom. The van der Waals surface area contributed by atoms with Gasteiger partial charge in [0.25, 0.3) is 6.43 Å². The van der Waals surface area contributed by atoms with Crippen molar-refractivity contribution in [3.63, 3.8) is 0 Å². The summed E-state index contributed by atoms with van der Waals surface area (Å²) in [6.45, 7) is 6.18. The van der Waals surface area contributed by atoms with Gasteiger partial charge in [0.1, 0.15) is 0 Å². The van der Waals surface area contributed by atoms with Crippen LogP contribution < -0.4 is 5.32 Å². The maximum Gasteiger partial charge on any atom is 0.253 e. The second kappa shape index (κ2) is 4.75. The molecule has 1 nitrogen and oxygen atoms in total. The Balaban J connectivity index is 3.73. The molecule has 0 aliphatic heterocycles. The summed E-state index contributed by atoms with van der Waals surface area (Å²) in [6.07, 6.45) is -0.891. The maximum atomic E-state index is 12.2. The van der Waals surface area contributed by atoms with Gasteiger partial charge >= 0.3 is 0 Å². The lowest BCUT2D eigenvalue weighted by atomic mass is 9.89. The zero-order valence-corrected chi connectivity index (χ0v) is 8.32. The van der Waals surface area contributed by atoms with Crippen molar-refractivity contribution in [1.29, 1.82) is 0 Å². The smallest absolute Gasteiger partial charge is 0.253 e. The van der Waals surface area contributed by atoms with Crippen molar-refractivity contribution < 1.29 is 8.78 Å². The molecule has 0 saturated heterocycles. The monoisotopic (exact) mass is 179 g/mol. The highest BCUT2D eigenvalue weighted by Crippen LogP contribution is 2.22. The predicted molar refractivity (Wildman–Crippen MR) is 47.5 cm³/mol. The third-order valence-electron chi connectivity index (χ3n) is 1.88. The minimum absolute atomic E-state index is 0.143. The van der Waals surface area contributed by atoms with E-state index >= 15 is 0 Å². The van der Waals surface area contributed by atoms with Crippen molar-refractivity contribution in [2.75, 3.05) is 7.05 Å². The highest BCUT2D eigenvalue weighted by atomic mass is 19.3. The second-order valence-electron chi connectivity index (χ2n) is 4.33. The highest BCUT2D eigenvalue weighted by Gasteiger charge is 2.20. The van der Waals surface area contributed by atoms with Gasteiger partial charge in [-0.3, -0.25) is 0 Å². The van der Waals surface area contributed by atoms with Crippen LogP contribution in [0.15, 0.2) is 0 Å². The molecule has 0 aliphatic carbocycles. The fraction of sp³-hybridized carbons (Fsp3) is 1.00. The topological polar surface area (TPSA) is 12.0 Å². The van der Waals surface area contributed by atoms with Gasteiger partial charge in [0.15, 0.2) is 0 Å². The van der Waals surface area contributed by atoms with Crippen molar-refractivity contribution in [2.24, 2.45) is 5.41 Å². The third kappa shape index (κ3) is 5.47. The molecule has 0 rings (SSSR count). The third-order valence-corrected chi connectivity index (χ3v) is 1.88. The lowest BCUT2D eigenvalue weighted by Crippen LogP contribution is -2.33. The molecule has 0 amide bonds. The number of halogens is 2. The summed E-state index contributed by atoms with van der Waals surface area (Å²) in [4.78, 5) is 0. The Kier molecular flexibility index (Phi) is 4.68. The van der Waals surface area contributed by atoms with Crippen molar-refractivity contribution in [2.45, 2.75) is 46.1 Å². The largest absolute Gasteiger partial charge is 0.312 e. The van der Waals surface area contributed by atoms with Crippen LogP contribution in [-0.4, -0.2) is 19.5 Å². The van der Waals surface area contributed by atoms with Gasteiger partial charge in [0.2, 0.25) is 0 Å². The van der Waals surface area contributed by atoms with Crippen LogP contribution >= 0.6 is 0 Å². The molecule has 0 bridgehead atoms. The fourth-order valence-corrected chi connectivity index (χ4v) is 0.985. The molecule has 0 spiro atoms. The Labute approximate surface area is 73.5 Å². The average molecular weight is 179 g/mol. The molecule has 1 N–H and O–H groups in total. The minimum atomic E-state index is -2.25. The lowest BCUT2D eigenvalue weighted by molar-refractivity contribution is 0.0918. The summed E-state index contributed by atoms with van der Waals surface area (Å²) in [5.74, 6) is 0. The van der Waals surface area contributed by atoms with Gasteiger partial charge < -0.3 is 5.32 Å². The van der Waals surface area contributed by atoms with Gasteiger partial charge in [-0.05, 0) is 25.3 Å². The summed E-state index contributed by atoms with van der Waals surface area (Å²) in [5.41, 5.74) is 0.143. The zero-order valence-electron chi connectivity index (χ0n) is 8.32. The second-order valence-corrected chi connectivity index (χ2v) is 4.33. The average Bonchev–Trinajstić information content (AvgIpc) is 1.85.